The molecule has 18 heavy (non-hydrogen) atoms. The first-order valence-corrected chi connectivity index (χ1v) is 6.22. The molecule has 0 saturated heterocycles. The molecule has 100 valence electrons. The average molecular weight is 322 g/mol. The topological polar surface area (TPSA) is 49.3 Å². The van der Waals surface area contributed by atoms with Gasteiger partial charge in [-0.05, 0) is 41.4 Å². The van der Waals surface area contributed by atoms with Gasteiger partial charge in [-0.1, -0.05) is 6.92 Å². The van der Waals surface area contributed by atoms with Crippen molar-refractivity contribution in [1.29, 1.82) is 0 Å². The van der Waals surface area contributed by atoms with Gasteiger partial charge in [0.15, 0.2) is 0 Å². The Balaban J connectivity index is 2.93. The lowest BCUT2D eigenvalue weighted by molar-refractivity contribution is -0.144. The zero-order chi connectivity index (χ0) is 13.9. The zero-order valence-corrected chi connectivity index (χ0v) is 11.6. The van der Waals surface area contributed by atoms with E-state index in [9.17, 15) is 13.6 Å². The minimum absolute atomic E-state index is 0.147. The molecular weight excluding hydrogens is 308 g/mol. The molecule has 2 N–H and O–H groups in total. The second-order valence-electron chi connectivity index (χ2n) is 4.17. The van der Waals surface area contributed by atoms with E-state index in [0.717, 1.165) is 6.07 Å². The van der Waals surface area contributed by atoms with E-state index in [1.165, 1.54) is 13.0 Å². The third kappa shape index (κ3) is 3.05. The highest BCUT2D eigenvalue weighted by atomic mass is 79.9. The van der Waals surface area contributed by atoms with Crippen molar-refractivity contribution in [2.75, 3.05) is 0 Å². The molecule has 3 nitrogen and oxygen atoms in total. The summed E-state index contributed by atoms with van der Waals surface area (Å²) in [5.41, 5.74) is -1.38. The lowest BCUT2D eigenvalue weighted by Crippen LogP contribution is -2.48. The van der Waals surface area contributed by atoms with Crippen LogP contribution in [0.1, 0.15) is 25.8 Å². The summed E-state index contributed by atoms with van der Waals surface area (Å²) in [5, 5.41) is 11.7. The van der Waals surface area contributed by atoms with Gasteiger partial charge < -0.3 is 5.11 Å². The first-order chi connectivity index (χ1) is 8.31. The van der Waals surface area contributed by atoms with Crippen LogP contribution in [0.15, 0.2) is 16.6 Å². The first-order valence-electron chi connectivity index (χ1n) is 5.42. The third-order valence-corrected chi connectivity index (χ3v) is 3.59. The second-order valence-corrected chi connectivity index (χ2v) is 5.02. The third-order valence-electron chi connectivity index (χ3n) is 2.97. The van der Waals surface area contributed by atoms with Crippen molar-refractivity contribution in [2.24, 2.45) is 0 Å². The van der Waals surface area contributed by atoms with Crippen LogP contribution in [0.3, 0.4) is 0 Å². The molecule has 0 aliphatic carbocycles. The fraction of sp³-hybridized carbons (Fsp3) is 0.417. The van der Waals surface area contributed by atoms with Crippen LogP contribution in [0.2, 0.25) is 0 Å². The van der Waals surface area contributed by atoms with Crippen LogP contribution >= 0.6 is 15.9 Å². The Labute approximate surface area is 112 Å². The van der Waals surface area contributed by atoms with Crippen molar-refractivity contribution < 1.29 is 18.7 Å². The number of carbonyl (C=O) groups is 1. The van der Waals surface area contributed by atoms with E-state index in [4.69, 9.17) is 5.11 Å². The molecule has 0 saturated carbocycles. The SMILES string of the molecule is CCC(C)(NCc1c(F)ccc(Br)c1F)C(=O)O. The molecule has 1 atom stereocenters. The zero-order valence-electron chi connectivity index (χ0n) is 10.1. The van der Waals surface area contributed by atoms with E-state index in [2.05, 4.69) is 21.2 Å². The molecule has 0 aliphatic rings. The van der Waals surface area contributed by atoms with Crippen molar-refractivity contribution in [1.82, 2.24) is 5.32 Å². The monoisotopic (exact) mass is 321 g/mol. The molecule has 0 aliphatic heterocycles. The Morgan fingerprint density at radius 1 is 1.50 bits per heavy atom. The molecule has 1 unspecified atom stereocenters. The van der Waals surface area contributed by atoms with Gasteiger partial charge in [0.25, 0.3) is 0 Å². The van der Waals surface area contributed by atoms with E-state index in [1.807, 2.05) is 0 Å². The molecule has 0 radical (unpaired) electrons. The predicted molar refractivity (Wildman–Crippen MR) is 67.2 cm³/mol. The molecule has 0 heterocycles. The fourth-order valence-electron chi connectivity index (χ4n) is 1.37. The average Bonchev–Trinajstić information content (AvgIpc) is 2.33. The molecule has 0 aromatic heterocycles. The molecule has 0 spiro atoms. The fourth-order valence-corrected chi connectivity index (χ4v) is 1.74. The van der Waals surface area contributed by atoms with E-state index in [1.54, 1.807) is 6.92 Å². The maximum absolute atomic E-state index is 13.7. The number of aliphatic carboxylic acids is 1. The normalized spacial score (nSPS) is 14.3. The van der Waals surface area contributed by atoms with E-state index in [0.29, 0.717) is 6.42 Å². The summed E-state index contributed by atoms with van der Waals surface area (Å²) in [4.78, 5) is 11.1. The van der Waals surface area contributed by atoms with Gasteiger partial charge >= 0.3 is 5.97 Å². The molecule has 0 bridgehead atoms. The van der Waals surface area contributed by atoms with Crippen molar-refractivity contribution in [3.63, 3.8) is 0 Å². The van der Waals surface area contributed by atoms with Crippen molar-refractivity contribution in [3.05, 3.63) is 33.8 Å². The van der Waals surface area contributed by atoms with Crippen LogP contribution in [0.25, 0.3) is 0 Å². The van der Waals surface area contributed by atoms with Gasteiger partial charge in [0.05, 0.1) is 4.47 Å². The Bertz CT molecular complexity index is 468. The minimum atomic E-state index is -1.21. The standard InChI is InChI=1S/C12H14BrF2NO2/c1-3-12(2,11(17)18)16-6-7-9(14)5-4-8(13)10(7)15/h4-5,16H,3,6H2,1-2H3,(H,17,18). The summed E-state index contributed by atoms with van der Waals surface area (Å²) < 4.78 is 27.3. The van der Waals surface area contributed by atoms with Gasteiger partial charge in [0.1, 0.15) is 17.2 Å². The maximum Gasteiger partial charge on any atom is 0.323 e. The highest BCUT2D eigenvalue weighted by molar-refractivity contribution is 9.10. The summed E-state index contributed by atoms with van der Waals surface area (Å²) in [7, 11) is 0. The number of rotatable bonds is 5. The number of benzene rings is 1. The van der Waals surface area contributed by atoms with Crippen LogP contribution in [0.4, 0.5) is 8.78 Å². The number of hydrogen-bond acceptors (Lipinski definition) is 2. The Kier molecular flexibility index (Phi) is 4.81. The lowest BCUT2D eigenvalue weighted by atomic mass is 9.98. The van der Waals surface area contributed by atoms with Crippen LogP contribution in [-0.2, 0) is 11.3 Å². The highest BCUT2D eigenvalue weighted by Crippen LogP contribution is 2.22. The van der Waals surface area contributed by atoms with Gasteiger partial charge in [0.2, 0.25) is 0 Å². The van der Waals surface area contributed by atoms with Crippen LogP contribution in [-0.4, -0.2) is 16.6 Å². The van der Waals surface area contributed by atoms with E-state index < -0.39 is 23.1 Å². The molecule has 1 aromatic carbocycles. The van der Waals surface area contributed by atoms with Gasteiger partial charge in [0, 0.05) is 12.1 Å². The van der Waals surface area contributed by atoms with Gasteiger partial charge in [-0.2, -0.15) is 0 Å². The molecule has 0 amide bonds. The summed E-state index contributed by atoms with van der Waals surface area (Å²) in [6.45, 7) is 2.98. The molecule has 6 heteroatoms. The van der Waals surface area contributed by atoms with Gasteiger partial charge in [-0.25, -0.2) is 8.78 Å². The van der Waals surface area contributed by atoms with Crippen LogP contribution in [0.5, 0.6) is 0 Å². The van der Waals surface area contributed by atoms with Crippen molar-refractivity contribution in [3.8, 4) is 0 Å². The second kappa shape index (κ2) is 5.75. The lowest BCUT2D eigenvalue weighted by Gasteiger charge is -2.25. The number of hydrogen-bond donors (Lipinski definition) is 2. The van der Waals surface area contributed by atoms with Gasteiger partial charge in [-0.3, -0.25) is 10.1 Å². The summed E-state index contributed by atoms with van der Waals surface area (Å²) in [6, 6.07) is 2.40. The Hall–Kier alpha value is -1.01. The van der Waals surface area contributed by atoms with Crippen molar-refractivity contribution >= 4 is 21.9 Å². The van der Waals surface area contributed by atoms with Crippen LogP contribution in [0, 0.1) is 11.6 Å². The molecule has 1 rings (SSSR count). The quantitative estimate of drug-likeness (QED) is 0.819. The number of carboxylic acids is 1. The largest absolute Gasteiger partial charge is 0.480 e. The Morgan fingerprint density at radius 2 is 2.11 bits per heavy atom. The number of carboxylic acid groups (broad SMARTS) is 1. The van der Waals surface area contributed by atoms with Gasteiger partial charge in [-0.15, -0.1) is 0 Å². The molecular formula is C12H14BrF2NO2. The molecule has 1 aromatic rings. The highest BCUT2D eigenvalue weighted by Gasteiger charge is 2.30. The Morgan fingerprint density at radius 3 is 2.61 bits per heavy atom. The summed E-state index contributed by atoms with van der Waals surface area (Å²) in [5.74, 6) is -2.47. The van der Waals surface area contributed by atoms with E-state index in [-0.39, 0.29) is 16.6 Å². The van der Waals surface area contributed by atoms with E-state index >= 15 is 0 Å². The maximum atomic E-state index is 13.7. The predicted octanol–water partition coefficient (Wildman–Crippen LogP) is 3.07. The first kappa shape index (κ1) is 15.0. The number of nitrogens with one attached hydrogen (secondary N) is 1. The summed E-state index contributed by atoms with van der Waals surface area (Å²) in [6.07, 6.45) is 0.305. The van der Waals surface area contributed by atoms with Crippen LogP contribution < -0.4 is 5.32 Å². The smallest absolute Gasteiger partial charge is 0.323 e. The minimum Gasteiger partial charge on any atom is -0.480 e. The summed E-state index contributed by atoms with van der Waals surface area (Å²) >= 11 is 2.96. The van der Waals surface area contributed by atoms with Crippen molar-refractivity contribution in [2.45, 2.75) is 32.4 Å². The molecule has 0 fully saturated rings. The number of halogens is 3.